The number of phenols is 1. The standard InChI is InChI=1S/C14H13NO4S/c1-3-19-14(18)12-8(2)15-13(20-12)9-4-5-10(7-16)11(17)6-9/h4-7,17H,3H2,1-2H3. The number of ether oxygens (including phenoxy) is 1. The third-order valence-corrected chi connectivity index (χ3v) is 3.85. The fraction of sp³-hybridized carbons (Fsp3) is 0.214. The van der Waals surface area contributed by atoms with Crippen LogP contribution in [0.2, 0.25) is 0 Å². The number of nitrogens with zero attached hydrogens (tertiary/aromatic N) is 1. The molecule has 0 amide bonds. The molecule has 1 N–H and O–H groups in total. The zero-order valence-electron chi connectivity index (χ0n) is 11.0. The molecule has 1 aromatic carbocycles. The van der Waals surface area contributed by atoms with E-state index in [4.69, 9.17) is 4.74 Å². The van der Waals surface area contributed by atoms with Crippen molar-refractivity contribution in [3.8, 4) is 16.3 Å². The van der Waals surface area contributed by atoms with Crippen molar-refractivity contribution in [3.63, 3.8) is 0 Å². The van der Waals surface area contributed by atoms with Crippen molar-refractivity contribution in [1.29, 1.82) is 0 Å². The van der Waals surface area contributed by atoms with Gasteiger partial charge in [-0.25, -0.2) is 9.78 Å². The van der Waals surface area contributed by atoms with Gasteiger partial charge in [0.05, 0.1) is 17.9 Å². The monoisotopic (exact) mass is 291 g/mol. The van der Waals surface area contributed by atoms with Crippen LogP contribution in [-0.4, -0.2) is 29.0 Å². The van der Waals surface area contributed by atoms with Crippen molar-refractivity contribution in [2.24, 2.45) is 0 Å². The summed E-state index contributed by atoms with van der Waals surface area (Å²) < 4.78 is 4.95. The molecular weight excluding hydrogens is 278 g/mol. The molecule has 0 aliphatic rings. The lowest BCUT2D eigenvalue weighted by Gasteiger charge is -2.00. The Balaban J connectivity index is 2.39. The summed E-state index contributed by atoms with van der Waals surface area (Å²) in [7, 11) is 0. The minimum Gasteiger partial charge on any atom is -0.507 e. The van der Waals surface area contributed by atoms with Crippen molar-refractivity contribution in [2.75, 3.05) is 6.61 Å². The third kappa shape index (κ3) is 2.70. The van der Waals surface area contributed by atoms with Gasteiger partial charge in [-0.15, -0.1) is 11.3 Å². The minimum atomic E-state index is -0.400. The average molecular weight is 291 g/mol. The Bertz CT molecular complexity index is 663. The average Bonchev–Trinajstić information content (AvgIpc) is 2.81. The number of aromatic hydroxyl groups is 1. The van der Waals surface area contributed by atoms with Crippen LogP contribution in [0.25, 0.3) is 10.6 Å². The molecule has 6 heteroatoms. The Morgan fingerprint density at radius 3 is 2.85 bits per heavy atom. The predicted molar refractivity (Wildman–Crippen MR) is 75.3 cm³/mol. The van der Waals surface area contributed by atoms with Gasteiger partial charge in [-0.2, -0.15) is 0 Å². The highest BCUT2D eigenvalue weighted by atomic mass is 32.1. The van der Waals surface area contributed by atoms with Crippen LogP contribution in [0.4, 0.5) is 0 Å². The summed E-state index contributed by atoms with van der Waals surface area (Å²) in [5, 5.41) is 10.3. The van der Waals surface area contributed by atoms with Crippen LogP contribution >= 0.6 is 11.3 Å². The topological polar surface area (TPSA) is 76.5 Å². The van der Waals surface area contributed by atoms with E-state index < -0.39 is 5.97 Å². The lowest BCUT2D eigenvalue weighted by molar-refractivity contribution is 0.0531. The smallest absolute Gasteiger partial charge is 0.350 e. The Kier molecular flexibility index (Phi) is 4.14. The summed E-state index contributed by atoms with van der Waals surface area (Å²) in [5.41, 5.74) is 1.45. The first kappa shape index (κ1) is 14.2. The number of phenolic OH excluding ortho intramolecular Hbond substituents is 1. The first-order valence-electron chi connectivity index (χ1n) is 6.00. The number of carbonyl (C=O) groups excluding carboxylic acids is 2. The summed E-state index contributed by atoms with van der Waals surface area (Å²) in [4.78, 5) is 27.1. The summed E-state index contributed by atoms with van der Waals surface area (Å²) in [6.45, 7) is 3.78. The van der Waals surface area contributed by atoms with Crippen LogP contribution in [0.3, 0.4) is 0 Å². The zero-order valence-corrected chi connectivity index (χ0v) is 11.9. The van der Waals surface area contributed by atoms with Gasteiger partial charge in [-0.05, 0) is 26.0 Å². The van der Waals surface area contributed by atoms with Crippen LogP contribution in [0.15, 0.2) is 18.2 Å². The molecule has 0 aliphatic carbocycles. The Morgan fingerprint density at radius 2 is 2.25 bits per heavy atom. The zero-order chi connectivity index (χ0) is 14.7. The molecule has 2 aromatic rings. The van der Waals surface area contributed by atoms with E-state index in [2.05, 4.69) is 4.98 Å². The molecule has 0 saturated carbocycles. The van der Waals surface area contributed by atoms with Crippen LogP contribution in [-0.2, 0) is 4.74 Å². The highest BCUT2D eigenvalue weighted by Gasteiger charge is 2.17. The number of benzene rings is 1. The highest BCUT2D eigenvalue weighted by molar-refractivity contribution is 7.17. The molecule has 0 spiro atoms. The van der Waals surface area contributed by atoms with Crippen molar-refractivity contribution < 1.29 is 19.4 Å². The van der Waals surface area contributed by atoms with E-state index >= 15 is 0 Å². The number of rotatable bonds is 4. The first-order valence-corrected chi connectivity index (χ1v) is 6.81. The number of aromatic nitrogens is 1. The van der Waals surface area contributed by atoms with Gasteiger partial charge < -0.3 is 9.84 Å². The van der Waals surface area contributed by atoms with E-state index in [9.17, 15) is 14.7 Å². The lowest BCUT2D eigenvalue weighted by atomic mass is 10.1. The number of hydrogen-bond donors (Lipinski definition) is 1. The summed E-state index contributed by atoms with van der Waals surface area (Å²) >= 11 is 1.20. The van der Waals surface area contributed by atoms with Crippen molar-refractivity contribution in [2.45, 2.75) is 13.8 Å². The maximum atomic E-state index is 11.7. The molecule has 0 saturated heterocycles. The number of hydrogen-bond acceptors (Lipinski definition) is 6. The molecular formula is C14H13NO4S. The minimum absolute atomic E-state index is 0.108. The molecule has 0 aliphatic heterocycles. The van der Waals surface area contributed by atoms with E-state index in [1.54, 1.807) is 19.9 Å². The molecule has 0 atom stereocenters. The van der Waals surface area contributed by atoms with Crippen molar-refractivity contribution in [3.05, 3.63) is 34.3 Å². The SMILES string of the molecule is CCOC(=O)c1sc(-c2ccc(C=O)c(O)c2)nc1C. The molecule has 20 heavy (non-hydrogen) atoms. The first-order chi connectivity index (χ1) is 9.56. The normalized spacial score (nSPS) is 10.3. The second kappa shape index (κ2) is 5.83. The van der Waals surface area contributed by atoms with Crippen molar-refractivity contribution >= 4 is 23.6 Å². The van der Waals surface area contributed by atoms with E-state index in [1.165, 1.54) is 23.5 Å². The number of aldehydes is 1. The van der Waals surface area contributed by atoms with E-state index in [0.717, 1.165) is 0 Å². The van der Waals surface area contributed by atoms with Crippen LogP contribution in [0.5, 0.6) is 5.75 Å². The third-order valence-electron chi connectivity index (χ3n) is 2.66. The Hall–Kier alpha value is -2.21. The summed E-state index contributed by atoms with van der Waals surface area (Å²) in [6.07, 6.45) is 0.580. The van der Waals surface area contributed by atoms with Crippen LogP contribution in [0, 0.1) is 6.92 Å². The lowest BCUT2D eigenvalue weighted by Crippen LogP contribution is -2.03. The molecule has 0 bridgehead atoms. The fourth-order valence-electron chi connectivity index (χ4n) is 1.68. The summed E-state index contributed by atoms with van der Waals surface area (Å²) in [5.74, 6) is -0.509. The van der Waals surface area contributed by atoms with Gasteiger partial charge in [0.2, 0.25) is 0 Å². The molecule has 0 radical (unpaired) electrons. The molecule has 5 nitrogen and oxygen atoms in total. The van der Waals surface area contributed by atoms with Gasteiger partial charge in [0, 0.05) is 5.56 Å². The van der Waals surface area contributed by atoms with E-state index in [-0.39, 0.29) is 11.3 Å². The maximum absolute atomic E-state index is 11.7. The fourth-order valence-corrected chi connectivity index (χ4v) is 2.64. The van der Waals surface area contributed by atoms with Crippen LogP contribution < -0.4 is 0 Å². The number of esters is 1. The molecule has 2 rings (SSSR count). The van der Waals surface area contributed by atoms with E-state index in [0.29, 0.717) is 34.0 Å². The second-order valence-corrected chi connectivity index (χ2v) is 5.04. The second-order valence-electron chi connectivity index (χ2n) is 4.05. The molecule has 0 fully saturated rings. The molecule has 0 unspecified atom stereocenters. The Morgan fingerprint density at radius 1 is 1.50 bits per heavy atom. The van der Waals surface area contributed by atoms with Gasteiger partial charge in [0.25, 0.3) is 0 Å². The van der Waals surface area contributed by atoms with Crippen molar-refractivity contribution in [1.82, 2.24) is 4.98 Å². The van der Waals surface area contributed by atoms with E-state index in [1.807, 2.05) is 0 Å². The number of thiazole rings is 1. The Labute approximate surface area is 119 Å². The van der Waals surface area contributed by atoms with Gasteiger partial charge in [0.1, 0.15) is 15.6 Å². The highest BCUT2D eigenvalue weighted by Crippen LogP contribution is 2.31. The van der Waals surface area contributed by atoms with Gasteiger partial charge >= 0.3 is 5.97 Å². The van der Waals surface area contributed by atoms with Gasteiger partial charge in [-0.1, -0.05) is 6.07 Å². The number of aryl methyl sites for hydroxylation is 1. The van der Waals surface area contributed by atoms with Crippen LogP contribution in [0.1, 0.15) is 32.6 Å². The quantitative estimate of drug-likeness (QED) is 0.692. The largest absolute Gasteiger partial charge is 0.507 e. The molecule has 1 heterocycles. The van der Waals surface area contributed by atoms with Gasteiger partial charge in [0.15, 0.2) is 6.29 Å². The summed E-state index contributed by atoms with van der Waals surface area (Å²) in [6, 6.07) is 4.64. The number of carbonyl (C=O) groups is 2. The molecule has 104 valence electrons. The predicted octanol–water partition coefficient (Wildman–Crippen LogP) is 2.81. The van der Waals surface area contributed by atoms with Gasteiger partial charge in [-0.3, -0.25) is 4.79 Å². The maximum Gasteiger partial charge on any atom is 0.350 e. The molecule has 1 aromatic heterocycles.